The van der Waals surface area contributed by atoms with Crippen LogP contribution in [-0.4, -0.2) is 12.6 Å². The number of rotatable bonds is 10. The molecule has 0 amide bonds. The molecule has 0 aromatic heterocycles. The molecule has 0 aliphatic carbocycles. The van der Waals surface area contributed by atoms with Crippen molar-refractivity contribution in [2.75, 3.05) is 6.61 Å². The lowest BCUT2D eigenvalue weighted by Crippen LogP contribution is -2.05. The van der Waals surface area contributed by atoms with Crippen LogP contribution in [0, 0.1) is 0 Å². The Bertz CT molecular complexity index is 144. The van der Waals surface area contributed by atoms with Gasteiger partial charge in [-0.25, -0.2) is 0 Å². The number of unbranched alkanes of at least 4 members (excludes halogenated alkanes) is 6. The summed E-state index contributed by atoms with van der Waals surface area (Å²) >= 11 is 0. The quantitative estimate of drug-likeness (QED) is 0.383. The van der Waals surface area contributed by atoms with Crippen molar-refractivity contribution in [3.05, 3.63) is 0 Å². The maximum absolute atomic E-state index is 11.2. The molecule has 0 saturated heterocycles. The molecule has 0 heterocycles. The Morgan fingerprint density at radius 3 is 1.88 bits per heavy atom. The molecule has 0 atom stereocenters. The summed E-state index contributed by atoms with van der Waals surface area (Å²) in [5.41, 5.74) is 0. The van der Waals surface area contributed by atoms with Crippen molar-refractivity contribution < 1.29 is 9.53 Å². The summed E-state index contributed by atoms with van der Waals surface area (Å²) in [6, 6.07) is 0. The minimum Gasteiger partial charge on any atom is -0.466 e. The van der Waals surface area contributed by atoms with Gasteiger partial charge in [-0.05, 0) is 12.8 Å². The van der Waals surface area contributed by atoms with Crippen LogP contribution >= 0.6 is 0 Å². The summed E-state index contributed by atoms with van der Waals surface area (Å²) in [6.07, 6.45) is 9.86. The first-order chi connectivity index (χ1) is 7.31. The van der Waals surface area contributed by atoms with Gasteiger partial charge >= 0.3 is 5.97 Å². The van der Waals surface area contributed by atoms with Gasteiger partial charge < -0.3 is 4.74 Å². The first-order valence-electron chi connectivity index (χ1n) is 6.46. The summed E-state index contributed by atoms with van der Waals surface area (Å²) in [6.45, 7) is 4.97. The highest BCUT2D eigenvalue weighted by atomic mass is 16.5. The highest BCUT2D eigenvalue weighted by molar-refractivity contribution is 5.69. The second-order valence-corrected chi connectivity index (χ2v) is 4.09. The van der Waals surface area contributed by atoms with E-state index in [0.29, 0.717) is 13.0 Å². The lowest BCUT2D eigenvalue weighted by Gasteiger charge is -2.04. The van der Waals surface area contributed by atoms with Crippen LogP contribution in [-0.2, 0) is 9.53 Å². The normalized spacial score (nSPS) is 9.06. The van der Waals surface area contributed by atoms with Crippen LogP contribution in [0.1, 0.15) is 86.5 Å². The Hall–Kier alpha value is -0.530. The molecule has 0 saturated carbocycles. The van der Waals surface area contributed by atoms with Gasteiger partial charge in [0, 0.05) is 6.42 Å². The fourth-order valence-corrected chi connectivity index (χ4v) is 1.48. The Morgan fingerprint density at radius 2 is 1.35 bits per heavy atom. The van der Waals surface area contributed by atoms with E-state index >= 15 is 0 Å². The first-order valence-corrected chi connectivity index (χ1v) is 6.46. The smallest absolute Gasteiger partial charge is 0.305 e. The number of hydrogen-bond donors (Lipinski definition) is 0. The van der Waals surface area contributed by atoms with E-state index < -0.39 is 0 Å². The Labute approximate surface area is 109 Å². The average Bonchev–Trinajstić information content (AvgIpc) is 2.24. The fraction of sp³-hybridized carbons (Fsp3) is 0.933. The zero-order chi connectivity index (χ0) is 11.4. The minimum atomic E-state index is -0.0115. The van der Waals surface area contributed by atoms with Crippen molar-refractivity contribution >= 4 is 5.97 Å². The number of esters is 1. The van der Waals surface area contributed by atoms with Gasteiger partial charge in [0.25, 0.3) is 0 Å². The molecule has 0 bridgehead atoms. The molecule has 0 N–H and O–H groups in total. The van der Waals surface area contributed by atoms with Crippen LogP contribution in [0.5, 0.6) is 0 Å². The fourth-order valence-electron chi connectivity index (χ4n) is 1.48. The van der Waals surface area contributed by atoms with Gasteiger partial charge in [-0.3, -0.25) is 4.79 Å². The van der Waals surface area contributed by atoms with Crippen molar-refractivity contribution in [3.8, 4) is 0 Å². The van der Waals surface area contributed by atoms with Crippen LogP contribution < -0.4 is 0 Å². The van der Waals surface area contributed by atoms with E-state index in [1.165, 1.54) is 32.1 Å². The van der Waals surface area contributed by atoms with Crippen molar-refractivity contribution in [1.82, 2.24) is 0 Å². The monoisotopic (exact) mass is 246 g/mol. The molecule has 0 radical (unpaired) electrons. The standard InChI is InChI=1S/C13H26O2.2CH4/c1-3-5-7-9-11-13(14)15-12-10-8-6-4-2;;/h3-12H2,1-2H3;2*1H4. The van der Waals surface area contributed by atoms with Crippen molar-refractivity contribution in [2.45, 2.75) is 86.5 Å². The van der Waals surface area contributed by atoms with E-state index in [1.807, 2.05) is 0 Å². The molecule has 0 spiro atoms. The van der Waals surface area contributed by atoms with Crippen molar-refractivity contribution in [1.29, 1.82) is 0 Å². The molecule has 0 fully saturated rings. The third kappa shape index (κ3) is 18.1. The molecule has 0 rings (SSSR count). The van der Waals surface area contributed by atoms with Crippen LogP contribution in [0.25, 0.3) is 0 Å². The van der Waals surface area contributed by atoms with Crippen molar-refractivity contribution in [2.24, 2.45) is 0 Å². The van der Waals surface area contributed by atoms with E-state index in [-0.39, 0.29) is 20.8 Å². The summed E-state index contributed by atoms with van der Waals surface area (Å²) in [5.74, 6) is -0.0115. The molecule has 2 nitrogen and oxygen atoms in total. The molecular formula is C15H34O2. The minimum absolute atomic E-state index is 0. The van der Waals surface area contributed by atoms with Crippen LogP contribution in [0.4, 0.5) is 0 Å². The molecule has 106 valence electrons. The van der Waals surface area contributed by atoms with E-state index in [0.717, 1.165) is 19.3 Å². The number of carbonyl (C=O) groups excluding carboxylic acids is 1. The summed E-state index contributed by atoms with van der Waals surface area (Å²) in [4.78, 5) is 11.2. The topological polar surface area (TPSA) is 26.3 Å². The first kappa shape index (κ1) is 21.7. The Kier molecular flexibility index (Phi) is 22.8. The lowest BCUT2D eigenvalue weighted by molar-refractivity contribution is -0.143. The van der Waals surface area contributed by atoms with E-state index in [4.69, 9.17) is 4.74 Å². The summed E-state index contributed by atoms with van der Waals surface area (Å²) in [5, 5.41) is 0. The molecule has 0 unspecified atom stereocenters. The van der Waals surface area contributed by atoms with Crippen molar-refractivity contribution in [3.63, 3.8) is 0 Å². The maximum atomic E-state index is 11.2. The number of ether oxygens (including phenoxy) is 1. The van der Waals surface area contributed by atoms with Gasteiger partial charge in [0.05, 0.1) is 6.61 Å². The van der Waals surface area contributed by atoms with Gasteiger partial charge in [-0.15, -0.1) is 0 Å². The molecule has 17 heavy (non-hydrogen) atoms. The third-order valence-corrected chi connectivity index (χ3v) is 2.50. The summed E-state index contributed by atoms with van der Waals surface area (Å²) in [7, 11) is 0. The third-order valence-electron chi connectivity index (χ3n) is 2.50. The molecule has 0 aliphatic heterocycles. The molecule has 0 aromatic rings. The molecule has 0 aromatic carbocycles. The van der Waals surface area contributed by atoms with E-state index in [2.05, 4.69) is 13.8 Å². The molecule has 0 aliphatic rings. The molecular weight excluding hydrogens is 212 g/mol. The largest absolute Gasteiger partial charge is 0.466 e. The predicted octanol–water partition coefficient (Wildman–Crippen LogP) is 5.35. The van der Waals surface area contributed by atoms with Crippen LogP contribution in [0.15, 0.2) is 0 Å². The Balaban J connectivity index is -0.000000980. The van der Waals surface area contributed by atoms with Gasteiger partial charge in [-0.2, -0.15) is 0 Å². The number of hydrogen-bond acceptors (Lipinski definition) is 2. The second-order valence-electron chi connectivity index (χ2n) is 4.09. The van der Waals surface area contributed by atoms with E-state index in [9.17, 15) is 4.79 Å². The predicted molar refractivity (Wildman–Crippen MR) is 77.3 cm³/mol. The summed E-state index contributed by atoms with van der Waals surface area (Å²) < 4.78 is 5.13. The van der Waals surface area contributed by atoms with E-state index in [1.54, 1.807) is 0 Å². The van der Waals surface area contributed by atoms with Crippen LogP contribution in [0.2, 0.25) is 0 Å². The lowest BCUT2D eigenvalue weighted by atomic mass is 10.1. The SMILES string of the molecule is C.C.CCCCCCOC(=O)CCCCCC. The number of carbonyl (C=O) groups is 1. The molecule has 2 heteroatoms. The zero-order valence-corrected chi connectivity index (χ0v) is 10.4. The highest BCUT2D eigenvalue weighted by Crippen LogP contribution is 2.04. The van der Waals surface area contributed by atoms with Gasteiger partial charge in [0.15, 0.2) is 0 Å². The zero-order valence-electron chi connectivity index (χ0n) is 10.4. The maximum Gasteiger partial charge on any atom is 0.305 e. The highest BCUT2D eigenvalue weighted by Gasteiger charge is 2.01. The van der Waals surface area contributed by atoms with Gasteiger partial charge in [-0.1, -0.05) is 67.2 Å². The Morgan fingerprint density at radius 1 is 0.824 bits per heavy atom. The van der Waals surface area contributed by atoms with Crippen LogP contribution in [0.3, 0.4) is 0 Å². The average molecular weight is 246 g/mol. The van der Waals surface area contributed by atoms with Gasteiger partial charge in [0.1, 0.15) is 0 Å². The second kappa shape index (κ2) is 17.9. The van der Waals surface area contributed by atoms with Gasteiger partial charge in [0.2, 0.25) is 0 Å².